The van der Waals surface area contributed by atoms with Crippen LogP contribution in [-0.4, -0.2) is 49.8 Å². The Kier molecular flexibility index (Phi) is 6.98. The van der Waals surface area contributed by atoms with Gasteiger partial charge in [0.25, 0.3) is 0 Å². The molecule has 180 valence electrons. The van der Waals surface area contributed by atoms with Gasteiger partial charge in [0.1, 0.15) is 17.1 Å². The van der Waals surface area contributed by atoms with E-state index in [2.05, 4.69) is 6.07 Å². The van der Waals surface area contributed by atoms with Crippen LogP contribution in [-0.2, 0) is 9.53 Å². The summed E-state index contributed by atoms with van der Waals surface area (Å²) in [6.45, 7) is 11.6. The van der Waals surface area contributed by atoms with E-state index in [9.17, 15) is 4.79 Å². The van der Waals surface area contributed by atoms with Crippen LogP contribution in [0.3, 0.4) is 0 Å². The van der Waals surface area contributed by atoms with Gasteiger partial charge in [-0.1, -0.05) is 12.1 Å². The molecule has 0 radical (unpaired) electrons. The van der Waals surface area contributed by atoms with Gasteiger partial charge in [-0.2, -0.15) is 0 Å². The van der Waals surface area contributed by atoms with Crippen molar-refractivity contribution in [2.75, 3.05) is 26.8 Å². The van der Waals surface area contributed by atoms with Crippen molar-refractivity contribution in [3.05, 3.63) is 53.8 Å². The van der Waals surface area contributed by atoms with Gasteiger partial charge >= 0.3 is 0 Å². The molecule has 4 rings (SSSR count). The highest BCUT2D eigenvalue weighted by molar-refractivity contribution is 6.01. The molecule has 6 heteroatoms. The number of carbonyl (C=O) groups excluding carboxylic acids is 1. The van der Waals surface area contributed by atoms with E-state index in [4.69, 9.17) is 18.6 Å². The fourth-order valence-electron chi connectivity index (χ4n) is 4.67. The molecular weight excluding hydrogens is 430 g/mol. The number of methoxy groups -OCH3 is 1. The maximum absolute atomic E-state index is 13.1. The van der Waals surface area contributed by atoms with Gasteiger partial charge < -0.3 is 23.5 Å². The number of nitrogens with zero attached hydrogens (tertiary/aromatic N) is 1. The number of allylic oxidation sites excluding steroid dienone is 1. The Bertz CT molecular complexity index is 1220. The number of fused-ring (bicyclic) bond motifs is 1. The Morgan fingerprint density at radius 1 is 1.21 bits per heavy atom. The van der Waals surface area contributed by atoms with Gasteiger partial charge in [-0.25, -0.2) is 0 Å². The largest absolute Gasteiger partial charge is 0.497 e. The molecule has 34 heavy (non-hydrogen) atoms. The molecule has 2 unspecified atom stereocenters. The van der Waals surface area contributed by atoms with Crippen LogP contribution < -0.4 is 9.47 Å². The van der Waals surface area contributed by atoms with Crippen molar-refractivity contribution in [2.24, 2.45) is 0 Å². The van der Waals surface area contributed by atoms with Gasteiger partial charge in [0, 0.05) is 41.2 Å². The monoisotopic (exact) mass is 463 g/mol. The van der Waals surface area contributed by atoms with Crippen LogP contribution >= 0.6 is 0 Å². The second-order valence-corrected chi connectivity index (χ2v) is 8.90. The zero-order chi connectivity index (χ0) is 24.4. The molecular formula is C28H33NO5. The minimum absolute atomic E-state index is 0.0140. The van der Waals surface area contributed by atoms with Crippen molar-refractivity contribution in [3.8, 4) is 22.6 Å². The molecule has 1 aromatic heterocycles. The van der Waals surface area contributed by atoms with Crippen LogP contribution in [0.25, 0.3) is 27.7 Å². The third kappa shape index (κ3) is 4.68. The number of ether oxygens (including phenoxy) is 3. The summed E-state index contributed by atoms with van der Waals surface area (Å²) >= 11 is 0. The summed E-state index contributed by atoms with van der Waals surface area (Å²) in [7, 11) is 1.66. The number of amides is 1. The second-order valence-electron chi connectivity index (χ2n) is 8.90. The van der Waals surface area contributed by atoms with Gasteiger partial charge in [-0.05, 0) is 64.0 Å². The van der Waals surface area contributed by atoms with Crippen LogP contribution in [0.2, 0.25) is 0 Å². The number of furan rings is 1. The summed E-state index contributed by atoms with van der Waals surface area (Å²) in [5.74, 6) is 1.51. The number of rotatable bonds is 6. The Morgan fingerprint density at radius 2 is 1.94 bits per heavy atom. The Hall–Kier alpha value is -3.25. The van der Waals surface area contributed by atoms with Crippen molar-refractivity contribution >= 4 is 22.4 Å². The molecule has 0 saturated carbocycles. The van der Waals surface area contributed by atoms with Crippen molar-refractivity contribution in [2.45, 2.75) is 46.8 Å². The highest BCUT2D eigenvalue weighted by atomic mass is 16.5. The molecule has 3 aromatic rings. The van der Waals surface area contributed by atoms with Crippen LogP contribution in [0.1, 0.15) is 38.8 Å². The SMILES string of the molecule is CCOc1c(/C(C)=C/C(=O)N2CC(C)OC(C)C2)cc2c(-c3cccc(OC)c3)coc2c1C. The minimum atomic E-state index is -0.0140. The minimum Gasteiger partial charge on any atom is -0.497 e. The van der Waals surface area contributed by atoms with E-state index in [1.165, 1.54) is 0 Å². The number of carbonyl (C=O) groups is 1. The van der Waals surface area contributed by atoms with Gasteiger partial charge in [0.2, 0.25) is 5.91 Å². The van der Waals surface area contributed by atoms with Crippen molar-refractivity contribution < 1.29 is 23.4 Å². The van der Waals surface area contributed by atoms with Gasteiger partial charge in [0.05, 0.1) is 32.2 Å². The van der Waals surface area contributed by atoms with Gasteiger partial charge in [0.15, 0.2) is 0 Å². The lowest BCUT2D eigenvalue weighted by atomic mass is 9.96. The van der Waals surface area contributed by atoms with Gasteiger partial charge in [-0.15, -0.1) is 0 Å². The van der Waals surface area contributed by atoms with E-state index < -0.39 is 0 Å². The standard InChI is InChI=1S/C28H33NO5/c1-7-32-27-20(5)28-24(25(16-33-28)21-9-8-10-22(12-21)31-6)13-23(27)17(2)11-26(30)29-14-18(3)34-19(4)15-29/h8-13,16,18-19H,7,14-15H2,1-6H3/b17-11+. The van der Waals surface area contributed by atoms with Crippen molar-refractivity contribution in [1.82, 2.24) is 4.90 Å². The quantitative estimate of drug-likeness (QED) is 0.429. The molecule has 1 fully saturated rings. The molecule has 0 bridgehead atoms. The molecule has 1 saturated heterocycles. The number of morpholine rings is 1. The maximum Gasteiger partial charge on any atom is 0.247 e. The average molecular weight is 464 g/mol. The Balaban J connectivity index is 1.79. The summed E-state index contributed by atoms with van der Waals surface area (Å²) in [4.78, 5) is 15.0. The van der Waals surface area contributed by atoms with Crippen LogP contribution in [0.5, 0.6) is 11.5 Å². The molecule has 1 aliphatic heterocycles. The summed E-state index contributed by atoms with van der Waals surface area (Å²) in [6.07, 6.45) is 3.52. The van der Waals surface area contributed by atoms with E-state index in [0.29, 0.717) is 19.7 Å². The lowest BCUT2D eigenvalue weighted by Gasteiger charge is -2.34. The number of aryl methyl sites for hydroxylation is 1. The maximum atomic E-state index is 13.1. The second kappa shape index (κ2) is 9.94. The zero-order valence-corrected chi connectivity index (χ0v) is 20.8. The van der Waals surface area contributed by atoms with Crippen LogP contribution in [0, 0.1) is 6.92 Å². The summed E-state index contributed by atoms with van der Waals surface area (Å²) < 4.78 is 23.2. The summed E-state index contributed by atoms with van der Waals surface area (Å²) in [6, 6.07) is 9.97. The molecule has 0 spiro atoms. The van der Waals surface area contributed by atoms with Crippen LogP contribution in [0.15, 0.2) is 47.1 Å². The summed E-state index contributed by atoms with van der Waals surface area (Å²) in [5, 5.41) is 0.970. The number of hydrogen-bond acceptors (Lipinski definition) is 5. The zero-order valence-electron chi connectivity index (χ0n) is 20.8. The molecule has 0 aliphatic carbocycles. The molecule has 2 aromatic carbocycles. The topological polar surface area (TPSA) is 61.1 Å². The molecule has 2 atom stereocenters. The number of hydrogen-bond donors (Lipinski definition) is 0. The van der Waals surface area contributed by atoms with E-state index in [1.54, 1.807) is 19.4 Å². The first kappa shape index (κ1) is 23.9. The molecule has 0 N–H and O–H groups in total. The van der Waals surface area contributed by atoms with E-state index in [1.807, 2.05) is 63.8 Å². The predicted molar refractivity (Wildman–Crippen MR) is 134 cm³/mol. The summed E-state index contributed by atoms with van der Waals surface area (Å²) in [5.41, 5.74) is 5.40. The fraction of sp³-hybridized carbons (Fsp3) is 0.393. The lowest BCUT2D eigenvalue weighted by Crippen LogP contribution is -2.47. The molecule has 1 amide bonds. The first-order valence-corrected chi connectivity index (χ1v) is 11.8. The first-order chi connectivity index (χ1) is 16.3. The van der Waals surface area contributed by atoms with Crippen molar-refractivity contribution in [1.29, 1.82) is 0 Å². The van der Waals surface area contributed by atoms with E-state index in [-0.39, 0.29) is 18.1 Å². The highest BCUT2D eigenvalue weighted by Crippen LogP contribution is 2.41. The first-order valence-electron chi connectivity index (χ1n) is 11.8. The Morgan fingerprint density at radius 3 is 2.62 bits per heavy atom. The van der Waals surface area contributed by atoms with Crippen molar-refractivity contribution in [3.63, 3.8) is 0 Å². The number of benzene rings is 2. The van der Waals surface area contributed by atoms with Crippen LogP contribution in [0.4, 0.5) is 0 Å². The van der Waals surface area contributed by atoms with Gasteiger partial charge in [-0.3, -0.25) is 4.79 Å². The average Bonchev–Trinajstić information content (AvgIpc) is 3.24. The van der Waals surface area contributed by atoms with E-state index in [0.717, 1.165) is 50.3 Å². The highest BCUT2D eigenvalue weighted by Gasteiger charge is 2.25. The lowest BCUT2D eigenvalue weighted by molar-refractivity contribution is -0.137. The van der Waals surface area contributed by atoms with E-state index >= 15 is 0 Å². The molecule has 1 aliphatic rings. The molecule has 6 nitrogen and oxygen atoms in total. The third-order valence-corrected chi connectivity index (χ3v) is 6.21. The predicted octanol–water partition coefficient (Wildman–Crippen LogP) is 5.85. The fourth-order valence-corrected chi connectivity index (χ4v) is 4.67. The molecule has 2 heterocycles. The smallest absolute Gasteiger partial charge is 0.247 e. The third-order valence-electron chi connectivity index (χ3n) is 6.21. The normalized spacial score (nSPS) is 18.9. The Labute approximate surface area is 201 Å².